The second-order valence-corrected chi connectivity index (χ2v) is 3.79. The van der Waals surface area contributed by atoms with Gasteiger partial charge in [0.25, 0.3) is 0 Å². The molecule has 0 unspecified atom stereocenters. The van der Waals surface area contributed by atoms with E-state index in [1.165, 1.54) is 7.11 Å². The van der Waals surface area contributed by atoms with Crippen LogP contribution in [0.3, 0.4) is 0 Å². The van der Waals surface area contributed by atoms with Crippen molar-refractivity contribution in [2.75, 3.05) is 7.11 Å². The summed E-state index contributed by atoms with van der Waals surface area (Å²) < 4.78 is 20.8. The minimum Gasteiger partial charge on any atom is -0.492 e. The molecule has 0 radical (unpaired) electrons. The maximum atomic E-state index is 13.7. The second kappa shape index (κ2) is 3.24. The molecule has 0 N–H and O–H groups in total. The van der Waals surface area contributed by atoms with Crippen molar-refractivity contribution in [1.29, 1.82) is 0 Å². The van der Waals surface area contributed by atoms with Crippen molar-refractivity contribution in [3.63, 3.8) is 0 Å². The van der Waals surface area contributed by atoms with E-state index in [2.05, 4.69) is 20.9 Å². The molecule has 2 rings (SSSR count). The van der Waals surface area contributed by atoms with Gasteiger partial charge in [-0.2, -0.15) is 4.39 Å². The Morgan fingerprint density at radius 1 is 1.50 bits per heavy atom. The summed E-state index contributed by atoms with van der Waals surface area (Å²) in [5, 5.41) is 0. The van der Waals surface area contributed by atoms with Crippen LogP contribution in [0.1, 0.15) is 5.69 Å². The zero-order valence-corrected chi connectivity index (χ0v) is 9.30. The number of aromatic nitrogens is 2. The second-order valence-electron chi connectivity index (χ2n) is 2.94. The lowest BCUT2D eigenvalue weighted by molar-refractivity contribution is 0.384. The van der Waals surface area contributed by atoms with Gasteiger partial charge in [0.1, 0.15) is 0 Å². The van der Waals surface area contributed by atoms with Crippen LogP contribution in [0.5, 0.6) is 5.75 Å². The molecule has 0 saturated heterocycles. The number of aryl methyl sites for hydroxylation is 1. The van der Waals surface area contributed by atoms with E-state index < -0.39 is 5.82 Å². The van der Waals surface area contributed by atoms with Gasteiger partial charge in [-0.3, -0.25) is 0 Å². The molecule has 2 aromatic rings. The molecular formula is C9H8BrFN2O. The Hall–Kier alpha value is -1.10. The molecule has 2 aromatic heterocycles. The Bertz CT molecular complexity index is 495. The van der Waals surface area contributed by atoms with Gasteiger partial charge in [-0.25, -0.2) is 4.98 Å². The topological polar surface area (TPSA) is 26.5 Å². The summed E-state index contributed by atoms with van der Waals surface area (Å²) in [6, 6.07) is 0. The first-order chi connectivity index (χ1) is 6.63. The normalized spacial score (nSPS) is 10.9. The number of nitrogens with zero attached hydrogens (tertiary/aromatic N) is 2. The largest absolute Gasteiger partial charge is 0.492 e. The Kier molecular flexibility index (Phi) is 2.19. The van der Waals surface area contributed by atoms with E-state index in [9.17, 15) is 4.39 Å². The van der Waals surface area contributed by atoms with Crippen LogP contribution in [0.4, 0.5) is 4.39 Å². The lowest BCUT2D eigenvalue weighted by atomic mass is 10.4. The smallest absolute Gasteiger partial charge is 0.209 e. The van der Waals surface area contributed by atoms with Gasteiger partial charge in [0, 0.05) is 12.4 Å². The van der Waals surface area contributed by atoms with E-state index in [0.717, 1.165) is 5.69 Å². The van der Waals surface area contributed by atoms with Crippen molar-refractivity contribution < 1.29 is 9.13 Å². The maximum Gasteiger partial charge on any atom is 0.209 e. The van der Waals surface area contributed by atoms with Crippen molar-refractivity contribution in [2.45, 2.75) is 6.92 Å². The number of rotatable bonds is 1. The third-order valence-electron chi connectivity index (χ3n) is 1.92. The highest BCUT2D eigenvalue weighted by atomic mass is 79.9. The molecule has 0 aliphatic carbocycles. The van der Waals surface area contributed by atoms with Crippen molar-refractivity contribution in [2.24, 2.45) is 0 Å². The summed E-state index contributed by atoms with van der Waals surface area (Å²) in [5.74, 6) is -0.266. The average Bonchev–Trinajstić information content (AvgIpc) is 2.47. The van der Waals surface area contributed by atoms with Gasteiger partial charge in [0.05, 0.1) is 17.3 Å². The minimum atomic E-state index is -0.449. The van der Waals surface area contributed by atoms with Crippen molar-refractivity contribution in [3.8, 4) is 5.75 Å². The standard InChI is InChI=1S/C9H8BrFN2O/c1-5-3-13-4-6(10)8(14-2)7(11)9(13)12-5/h3-4H,1-2H3. The first-order valence-corrected chi connectivity index (χ1v) is 4.80. The molecule has 0 atom stereocenters. The van der Waals surface area contributed by atoms with Gasteiger partial charge in [-0.05, 0) is 22.9 Å². The molecule has 0 spiro atoms. The number of fused-ring (bicyclic) bond motifs is 1. The van der Waals surface area contributed by atoms with Gasteiger partial charge in [-0.1, -0.05) is 0 Å². The van der Waals surface area contributed by atoms with Crippen LogP contribution in [-0.4, -0.2) is 16.5 Å². The van der Waals surface area contributed by atoms with E-state index in [4.69, 9.17) is 4.74 Å². The van der Waals surface area contributed by atoms with Crippen LogP contribution in [0.15, 0.2) is 16.9 Å². The number of hydrogen-bond donors (Lipinski definition) is 0. The third kappa shape index (κ3) is 1.28. The average molecular weight is 259 g/mol. The number of hydrogen-bond acceptors (Lipinski definition) is 2. The summed E-state index contributed by atoms with van der Waals surface area (Å²) in [6.45, 7) is 1.81. The molecule has 0 amide bonds. The first kappa shape index (κ1) is 9.45. The lowest BCUT2D eigenvalue weighted by Crippen LogP contribution is -1.95. The summed E-state index contributed by atoms with van der Waals surface area (Å²) in [4.78, 5) is 4.05. The fourth-order valence-electron chi connectivity index (χ4n) is 1.35. The number of pyridine rings is 1. The molecular weight excluding hydrogens is 251 g/mol. The Morgan fingerprint density at radius 2 is 2.21 bits per heavy atom. The van der Waals surface area contributed by atoms with Crippen LogP contribution in [0.25, 0.3) is 5.65 Å². The van der Waals surface area contributed by atoms with Crippen LogP contribution >= 0.6 is 15.9 Å². The van der Waals surface area contributed by atoms with E-state index in [1.807, 2.05) is 6.92 Å². The number of halogens is 2. The maximum absolute atomic E-state index is 13.7. The zero-order valence-electron chi connectivity index (χ0n) is 7.71. The lowest BCUT2D eigenvalue weighted by Gasteiger charge is -2.05. The monoisotopic (exact) mass is 258 g/mol. The van der Waals surface area contributed by atoms with Crippen LogP contribution < -0.4 is 4.74 Å². The van der Waals surface area contributed by atoms with E-state index >= 15 is 0 Å². The molecule has 14 heavy (non-hydrogen) atoms. The van der Waals surface area contributed by atoms with Gasteiger partial charge < -0.3 is 9.14 Å². The fourth-order valence-corrected chi connectivity index (χ4v) is 1.91. The summed E-state index contributed by atoms with van der Waals surface area (Å²) in [5.41, 5.74) is 1.05. The quantitative estimate of drug-likeness (QED) is 0.786. The third-order valence-corrected chi connectivity index (χ3v) is 2.49. The SMILES string of the molecule is COc1c(Br)cn2cc(C)nc2c1F. The molecule has 3 nitrogen and oxygen atoms in total. The molecule has 0 bridgehead atoms. The van der Waals surface area contributed by atoms with Crippen LogP contribution in [-0.2, 0) is 0 Å². The number of ether oxygens (including phenoxy) is 1. The Labute approximate surface area is 88.6 Å². The highest BCUT2D eigenvalue weighted by Crippen LogP contribution is 2.30. The highest BCUT2D eigenvalue weighted by Gasteiger charge is 2.14. The predicted molar refractivity (Wildman–Crippen MR) is 54.1 cm³/mol. The molecule has 5 heteroatoms. The van der Waals surface area contributed by atoms with Gasteiger partial charge in [0.2, 0.25) is 5.82 Å². The fraction of sp³-hybridized carbons (Fsp3) is 0.222. The highest BCUT2D eigenvalue weighted by molar-refractivity contribution is 9.10. The number of imidazole rings is 1. The molecule has 0 aliphatic heterocycles. The van der Waals surface area contributed by atoms with E-state index in [1.54, 1.807) is 16.8 Å². The summed E-state index contributed by atoms with van der Waals surface area (Å²) in [6.07, 6.45) is 3.47. The van der Waals surface area contributed by atoms with Crippen molar-refractivity contribution >= 4 is 21.6 Å². The molecule has 0 aliphatic rings. The van der Waals surface area contributed by atoms with Crippen molar-refractivity contribution in [1.82, 2.24) is 9.38 Å². The van der Waals surface area contributed by atoms with Crippen molar-refractivity contribution in [3.05, 3.63) is 28.4 Å². The van der Waals surface area contributed by atoms with Gasteiger partial charge in [-0.15, -0.1) is 0 Å². The van der Waals surface area contributed by atoms with E-state index in [0.29, 0.717) is 4.47 Å². The van der Waals surface area contributed by atoms with E-state index in [-0.39, 0.29) is 11.4 Å². The zero-order chi connectivity index (χ0) is 10.3. The Morgan fingerprint density at radius 3 is 2.86 bits per heavy atom. The first-order valence-electron chi connectivity index (χ1n) is 4.00. The summed E-state index contributed by atoms with van der Waals surface area (Å²) in [7, 11) is 1.43. The Balaban J connectivity index is 2.84. The van der Waals surface area contributed by atoms with Crippen LogP contribution in [0, 0.1) is 12.7 Å². The molecule has 0 aromatic carbocycles. The van der Waals surface area contributed by atoms with Gasteiger partial charge >= 0.3 is 0 Å². The molecule has 2 heterocycles. The number of methoxy groups -OCH3 is 1. The molecule has 0 fully saturated rings. The van der Waals surface area contributed by atoms with Gasteiger partial charge in [0.15, 0.2) is 11.4 Å². The summed E-state index contributed by atoms with van der Waals surface area (Å²) >= 11 is 3.22. The molecule has 74 valence electrons. The minimum absolute atomic E-state index is 0.183. The van der Waals surface area contributed by atoms with Crippen LogP contribution in [0.2, 0.25) is 0 Å². The predicted octanol–water partition coefficient (Wildman–Crippen LogP) is 2.55. The molecule has 0 saturated carbocycles.